The number of hydrogen-bond acceptors (Lipinski definition) is 3. The lowest BCUT2D eigenvalue weighted by atomic mass is 10.0. The Morgan fingerprint density at radius 2 is 1.72 bits per heavy atom. The van der Waals surface area contributed by atoms with Gasteiger partial charge in [-0.25, -0.2) is 9.18 Å². The fourth-order valence-corrected chi connectivity index (χ4v) is 4.23. The van der Waals surface area contributed by atoms with E-state index in [9.17, 15) is 14.3 Å². The second-order valence-corrected chi connectivity index (χ2v) is 7.69. The molecule has 1 N–H and O–H groups in total. The minimum atomic E-state index is -1.01. The van der Waals surface area contributed by atoms with Crippen molar-refractivity contribution in [2.45, 2.75) is 18.9 Å². The molecule has 0 aliphatic heterocycles. The standard InChI is InChI=1S/C24H19FO3S/c25-18-10-5-16(6-11-18)7-14-22(24(26)27)28-19-12-8-17(9-13-19)21-15-29-23-4-2-1-3-20(21)23/h1-6,8-13,15,22H,7,14H2,(H,26,27). The quantitative estimate of drug-likeness (QED) is 0.399. The molecule has 1 unspecified atom stereocenters. The number of hydrogen-bond donors (Lipinski definition) is 1. The van der Waals surface area contributed by atoms with Crippen molar-refractivity contribution >= 4 is 27.4 Å². The summed E-state index contributed by atoms with van der Waals surface area (Å²) in [5.74, 6) is -0.807. The summed E-state index contributed by atoms with van der Waals surface area (Å²) in [6, 6.07) is 21.8. The van der Waals surface area contributed by atoms with Gasteiger partial charge in [0, 0.05) is 15.6 Å². The number of aliphatic carboxylic acids is 1. The first-order chi connectivity index (χ1) is 14.1. The molecule has 5 heteroatoms. The van der Waals surface area contributed by atoms with Crippen molar-refractivity contribution in [3.05, 3.63) is 89.6 Å². The molecule has 0 spiro atoms. The summed E-state index contributed by atoms with van der Waals surface area (Å²) in [6.45, 7) is 0. The van der Waals surface area contributed by atoms with Crippen molar-refractivity contribution in [2.24, 2.45) is 0 Å². The average molecular weight is 406 g/mol. The fourth-order valence-electron chi connectivity index (χ4n) is 3.26. The minimum Gasteiger partial charge on any atom is -0.479 e. The Bertz CT molecular complexity index is 1120. The van der Waals surface area contributed by atoms with Crippen LogP contribution < -0.4 is 4.74 Å². The van der Waals surface area contributed by atoms with Crippen molar-refractivity contribution in [2.75, 3.05) is 0 Å². The molecule has 4 aromatic rings. The Morgan fingerprint density at radius 3 is 2.45 bits per heavy atom. The van der Waals surface area contributed by atoms with E-state index in [0.717, 1.165) is 16.7 Å². The van der Waals surface area contributed by atoms with Gasteiger partial charge in [0.1, 0.15) is 11.6 Å². The van der Waals surface area contributed by atoms with Gasteiger partial charge in [0.2, 0.25) is 0 Å². The van der Waals surface area contributed by atoms with Gasteiger partial charge in [-0.05, 0) is 59.7 Å². The molecule has 0 saturated heterocycles. The van der Waals surface area contributed by atoms with Crippen LogP contribution in [0.2, 0.25) is 0 Å². The van der Waals surface area contributed by atoms with E-state index in [4.69, 9.17) is 4.74 Å². The highest BCUT2D eigenvalue weighted by Gasteiger charge is 2.19. The number of thiophene rings is 1. The molecule has 4 rings (SSSR count). The van der Waals surface area contributed by atoms with Gasteiger partial charge < -0.3 is 9.84 Å². The number of carboxylic acids is 1. The molecule has 0 aliphatic rings. The minimum absolute atomic E-state index is 0.303. The van der Waals surface area contributed by atoms with Crippen LogP contribution in [0.3, 0.4) is 0 Å². The Labute approximate surface area is 172 Å². The van der Waals surface area contributed by atoms with E-state index in [1.807, 2.05) is 24.3 Å². The van der Waals surface area contributed by atoms with Crippen LogP contribution in [0.5, 0.6) is 5.75 Å². The Hall–Kier alpha value is -3.18. The number of fused-ring (bicyclic) bond motifs is 1. The monoisotopic (exact) mass is 406 g/mol. The topological polar surface area (TPSA) is 46.5 Å². The second-order valence-electron chi connectivity index (χ2n) is 6.78. The van der Waals surface area contributed by atoms with Crippen LogP contribution in [0.4, 0.5) is 4.39 Å². The number of carbonyl (C=O) groups is 1. The van der Waals surface area contributed by atoms with Gasteiger partial charge in [0.15, 0.2) is 6.10 Å². The highest BCUT2D eigenvalue weighted by molar-refractivity contribution is 7.17. The summed E-state index contributed by atoms with van der Waals surface area (Å²) in [5, 5.41) is 12.8. The fraction of sp³-hybridized carbons (Fsp3) is 0.125. The first kappa shape index (κ1) is 19.2. The van der Waals surface area contributed by atoms with Gasteiger partial charge in [-0.1, -0.05) is 42.5 Å². The van der Waals surface area contributed by atoms with Crippen molar-refractivity contribution in [3.8, 4) is 16.9 Å². The zero-order valence-electron chi connectivity index (χ0n) is 15.5. The van der Waals surface area contributed by atoms with E-state index in [-0.39, 0.29) is 5.82 Å². The van der Waals surface area contributed by atoms with Crippen LogP contribution in [-0.2, 0) is 11.2 Å². The van der Waals surface area contributed by atoms with E-state index in [1.54, 1.807) is 35.6 Å². The van der Waals surface area contributed by atoms with Crippen molar-refractivity contribution < 1.29 is 19.0 Å². The molecule has 0 radical (unpaired) electrons. The Balaban J connectivity index is 1.46. The number of carboxylic acid groups (broad SMARTS) is 1. The third-order valence-electron chi connectivity index (χ3n) is 4.81. The van der Waals surface area contributed by atoms with Crippen LogP contribution >= 0.6 is 11.3 Å². The lowest BCUT2D eigenvalue weighted by Gasteiger charge is -2.15. The van der Waals surface area contributed by atoms with Gasteiger partial charge in [-0.3, -0.25) is 0 Å². The van der Waals surface area contributed by atoms with Crippen LogP contribution in [0, 0.1) is 5.82 Å². The number of rotatable bonds is 7. The molecule has 0 aliphatic carbocycles. The lowest BCUT2D eigenvalue weighted by Crippen LogP contribution is -2.27. The largest absolute Gasteiger partial charge is 0.479 e. The summed E-state index contributed by atoms with van der Waals surface area (Å²) < 4.78 is 19.9. The highest BCUT2D eigenvalue weighted by Crippen LogP contribution is 2.34. The molecular weight excluding hydrogens is 387 g/mol. The van der Waals surface area contributed by atoms with Crippen molar-refractivity contribution in [3.63, 3.8) is 0 Å². The maximum absolute atomic E-state index is 13.0. The smallest absolute Gasteiger partial charge is 0.344 e. The number of benzene rings is 3. The van der Waals surface area contributed by atoms with Crippen LogP contribution in [0.25, 0.3) is 21.2 Å². The van der Waals surface area contributed by atoms with E-state index in [0.29, 0.717) is 18.6 Å². The van der Waals surface area contributed by atoms with E-state index in [2.05, 4.69) is 17.5 Å². The number of aryl methyl sites for hydroxylation is 1. The van der Waals surface area contributed by atoms with E-state index in [1.165, 1.54) is 22.2 Å². The summed E-state index contributed by atoms with van der Waals surface area (Å²) in [4.78, 5) is 11.6. The van der Waals surface area contributed by atoms with Gasteiger partial charge >= 0.3 is 5.97 Å². The predicted molar refractivity (Wildman–Crippen MR) is 114 cm³/mol. The molecule has 1 aromatic heterocycles. The summed E-state index contributed by atoms with van der Waals surface area (Å²) in [5.41, 5.74) is 3.09. The molecule has 3 nitrogen and oxygen atoms in total. The van der Waals surface area contributed by atoms with Gasteiger partial charge in [0.25, 0.3) is 0 Å². The van der Waals surface area contributed by atoms with Crippen LogP contribution in [0.1, 0.15) is 12.0 Å². The van der Waals surface area contributed by atoms with Crippen LogP contribution in [-0.4, -0.2) is 17.2 Å². The SMILES string of the molecule is O=C(O)C(CCc1ccc(F)cc1)Oc1ccc(-c2csc3ccccc23)cc1. The van der Waals surface area contributed by atoms with Gasteiger partial charge in [-0.2, -0.15) is 0 Å². The average Bonchev–Trinajstić information content (AvgIpc) is 3.17. The molecule has 0 fully saturated rings. The third kappa shape index (κ3) is 4.46. The Kier molecular flexibility index (Phi) is 5.58. The maximum Gasteiger partial charge on any atom is 0.344 e. The molecule has 1 heterocycles. The van der Waals surface area contributed by atoms with E-state index >= 15 is 0 Å². The summed E-state index contributed by atoms with van der Waals surface area (Å²) >= 11 is 1.70. The van der Waals surface area contributed by atoms with Crippen molar-refractivity contribution in [1.82, 2.24) is 0 Å². The third-order valence-corrected chi connectivity index (χ3v) is 5.77. The maximum atomic E-state index is 13.0. The zero-order valence-corrected chi connectivity index (χ0v) is 16.4. The summed E-state index contributed by atoms with van der Waals surface area (Å²) in [7, 11) is 0. The Morgan fingerprint density at radius 1 is 1.00 bits per heavy atom. The molecule has 0 saturated carbocycles. The molecule has 29 heavy (non-hydrogen) atoms. The predicted octanol–water partition coefficient (Wildman–Crippen LogP) is 6.17. The molecule has 0 amide bonds. The lowest BCUT2D eigenvalue weighted by molar-refractivity contribution is -0.145. The van der Waals surface area contributed by atoms with Gasteiger partial charge in [-0.15, -0.1) is 11.3 Å². The molecule has 0 bridgehead atoms. The second kappa shape index (κ2) is 8.45. The number of halogens is 1. The molecule has 3 aromatic carbocycles. The first-order valence-electron chi connectivity index (χ1n) is 9.31. The number of ether oxygens (including phenoxy) is 1. The van der Waals surface area contributed by atoms with E-state index < -0.39 is 12.1 Å². The van der Waals surface area contributed by atoms with Crippen molar-refractivity contribution in [1.29, 1.82) is 0 Å². The molecule has 1 atom stereocenters. The molecular formula is C24H19FO3S. The van der Waals surface area contributed by atoms with Gasteiger partial charge in [0.05, 0.1) is 0 Å². The first-order valence-corrected chi connectivity index (χ1v) is 10.2. The zero-order chi connectivity index (χ0) is 20.2. The van der Waals surface area contributed by atoms with Crippen LogP contribution in [0.15, 0.2) is 78.2 Å². The normalized spacial score (nSPS) is 12.0. The molecule has 146 valence electrons. The highest BCUT2D eigenvalue weighted by atomic mass is 32.1. The summed E-state index contributed by atoms with van der Waals surface area (Å²) in [6.07, 6.45) is -0.165.